The van der Waals surface area contributed by atoms with Crippen molar-refractivity contribution >= 4 is 22.4 Å². The second-order valence-electron chi connectivity index (χ2n) is 4.43. The van der Waals surface area contributed by atoms with E-state index in [1.165, 1.54) is 11.3 Å². The minimum Gasteiger partial charge on any atom is -0.345 e. The third kappa shape index (κ3) is 3.62. The van der Waals surface area contributed by atoms with E-state index < -0.39 is 0 Å². The van der Waals surface area contributed by atoms with Gasteiger partial charge in [0.25, 0.3) is 0 Å². The van der Waals surface area contributed by atoms with E-state index in [4.69, 9.17) is 0 Å². The predicted molar refractivity (Wildman–Crippen MR) is 75.0 cm³/mol. The van der Waals surface area contributed by atoms with Crippen LogP contribution in [0.2, 0.25) is 0 Å². The van der Waals surface area contributed by atoms with Crippen molar-refractivity contribution in [2.24, 2.45) is 0 Å². The summed E-state index contributed by atoms with van der Waals surface area (Å²) in [6, 6.07) is -0.255. The average Bonchev–Trinajstić information content (AvgIpc) is 3.00. The number of carbonyl (C=O) groups excluding carboxylic acids is 1. The fourth-order valence-electron chi connectivity index (χ4n) is 1.62. The van der Waals surface area contributed by atoms with Crippen molar-refractivity contribution in [3.05, 3.63) is 29.3 Å². The number of carbonyl (C=O) groups is 1. The molecule has 6 nitrogen and oxygen atoms in total. The number of amides is 1. The molecule has 0 aliphatic carbocycles. The molecule has 0 bridgehead atoms. The molecular weight excluding hydrogens is 262 g/mol. The largest absolute Gasteiger partial charge is 0.345 e. The number of nitrogens with zero attached hydrogens (tertiary/aromatic N) is 3. The van der Waals surface area contributed by atoms with E-state index in [1.54, 1.807) is 12.4 Å². The SMILES string of the molecule is Cc1cnc(CN(C)[C@@H](C)C(=O)Nc2nccs2)[nH]1. The monoisotopic (exact) mass is 279 g/mol. The second kappa shape index (κ2) is 5.94. The lowest BCUT2D eigenvalue weighted by Crippen LogP contribution is -2.39. The van der Waals surface area contributed by atoms with E-state index in [9.17, 15) is 4.79 Å². The molecule has 0 saturated heterocycles. The number of hydrogen-bond donors (Lipinski definition) is 2. The first kappa shape index (κ1) is 13.7. The summed E-state index contributed by atoms with van der Waals surface area (Å²) in [5, 5.41) is 5.24. The Balaban J connectivity index is 1.91. The third-order valence-corrected chi connectivity index (χ3v) is 3.55. The number of hydrogen-bond acceptors (Lipinski definition) is 5. The molecule has 0 aromatic carbocycles. The van der Waals surface area contributed by atoms with Crippen molar-refractivity contribution in [2.75, 3.05) is 12.4 Å². The first-order valence-corrected chi connectivity index (χ1v) is 6.85. The van der Waals surface area contributed by atoms with Crippen LogP contribution in [-0.2, 0) is 11.3 Å². The minimum absolute atomic E-state index is 0.0688. The second-order valence-corrected chi connectivity index (χ2v) is 5.33. The Morgan fingerprint density at radius 1 is 1.58 bits per heavy atom. The lowest BCUT2D eigenvalue weighted by Gasteiger charge is -2.22. The Kier molecular flexibility index (Phi) is 4.28. The molecule has 19 heavy (non-hydrogen) atoms. The van der Waals surface area contributed by atoms with Crippen LogP contribution in [0.15, 0.2) is 17.8 Å². The Hall–Kier alpha value is -1.73. The molecule has 0 radical (unpaired) electrons. The smallest absolute Gasteiger partial charge is 0.243 e. The molecule has 0 aliphatic rings. The Morgan fingerprint density at radius 3 is 2.95 bits per heavy atom. The molecule has 2 N–H and O–H groups in total. The molecule has 7 heteroatoms. The summed E-state index contributed by atoms with van der Waals surface area (Å²) in [5.74, 6) is 0.787. The van der Waals surface area contributed by atoms with Gasteiger partial charge in [-0.05, 0) is 20.9 Å². The van der Waals surface area contributed by atoms with Crippen LogP contribution in [0.5, 0.6) is 0 Å². The molecule has 2 aromatic rings. The predicted octanol–water partition coefficient (Wildman–Crippen LogP) is 1.63. The van der Waals surface area contributed by atoms with Crippen molar-refractivity contribution in [2.45, 2.75) is 26.4 Å². The van der Waals surface area contributed by atoms with Crippen LogP contribution in [-0.4, -0.2) is 38.8 Å². The Bertz CT molecular complexity index is 536. The lowest BCUT2D eigenvalue weighted by atomic mass is 10.3. The van der Waals surface area contributed by atoms with Crippen molar-refractivity contribution in [3.63, 3.8) is 0 Å². The number of aromatic nitrogens is 3. The number of anilines is 1. The van der Waals surface area contributed by atoms with Crippen molar-refractivity contribution in [1.29, 1.82) is 0 Å². The van der Waals surface area contributed by atoms with Crippen LogP contribution in [0.1, 0.15) is 18.4 Å². The van der Waals surface area contributed by atoms with E-state index in [1.807, 2.05) is 31.2 Å². The highest BCUT2D eigenvalue weighted by atomic mass is 32.1. The first-order valence-electron chi connectivity index (χ1n) is 5.97. The van der Waals surface area contributed by atoms with Gasteiger partial charge in [0.2, 0.25) is 5.91 Å². The highest BCUT2D eigenvalue weighted by Crippen LogP contribution is 2.12. The van der Waals surface area contributed by atoms with E-state index in [0.717, 1.165) is 11.5 Å². The molecule has 2 aromatic heterocycles. The van der Waals surface area contributed by atoms with Crippen LogP contribution >= 0.6 is 11.3 Å². The Morgan fingerprint density at radius 2 is 2.37 bits per heavy atom. The third-order valence-electron chi connectivity index (χ3n) is 2.86. The van der Waals surface area contributed by atoms with Crippen LogP contribution in [0.4, 0.5) is 5.13 Å². The van der Waals surface area contributed by atoms with Crippen LogP contribution in [0.3, 0.4) is 0 Å². The number of thiazole rings is 1. The quantitative estimate of drug-likeness (QED) is 0.872. The van der Waals surface area contributed by atoms with Gasteiger partial charge in [-0.1, -0.05) is 0 Å². The van der Waals surface area contributed by atoms with Crippen LogP contribution < -0.4 is 5.32 Å². The van der Waals surface area contributed by atoms with Crippen LogP contribution in [0, 0.1) is 6.92 Å². The van der Waals surface area contributed by atoms with Gasteiger partial charge in [-0.25, -0.2) is 9.97 Å². The molecule has 0 aliphatic heterocycles. The van der Waals surface area contributed by atoms with Gasteiger partial charge < -0.3 is 10.3 Å². The molecule has 2 rings (SSSR count). The summed E-state index contributed by atoms with van der Waals surface area (Å²) < 4.78 is 0. The van der Waals surface area contributed by atoms with Gasteiger partial charge >= 0.3 is 0 Å². The highest BCUT2D eigenvalue weighted by Gasteiger charge is 2.19. The summed E-state index contributed by atoms with van der Waals surface area (Å²) in [7, 11) is 1.89. The van der Waals surface area contributed by atoms with Gasteiger partial charge in [0.15, 0.2) is 5.13 Å². The van der Waals surface area contributed by atoms with Gasteiger partial charge in [-0.2, -0.15) is 0 Å². The topological polar surface area (TPSA) is 73.9 Å². The zero-order chi connectivity index (χ0) is 13.8. The minimum atomic E-state index is -0.255. The Labute approximate surface area is 115 Å². The summed E-state index contributed by atoms with van der Waals surface area (Å²) in [6.45, 7) is 4.41. The number of aryl methyl sites for hydroxylation is 1. The molecule has 0 fully saturated rings. The maximum Gasteiger partial charge on any atom is 0.243 e. The highest BCUT2D eigenvalue weighted by molar-refractivity contribution is 7.13. The van der Waals surface area contributed by atoms with Gasteiger partial charge in [-0.15, -0.1) is 11.3 Å². The van der Waals surface area contributed by atoms with E-state index in [-0.39, 0.29) is 11.9 Å². The summed E-state index contributed by atoms with van der Waals surface area (Å²) >= 11 is 1.41. The van der Waals surface area contributed by atoms with Crippen molar-refractivity contribution in [3.8, 4) is 0 Å². The summed E-state index contributed by atoms with van der Waals surface area (Å²) in [4.78, 5) is 25.4. The van der Waals surface area contributed by atoms with Gasteiger partial charge in [-0.3, -0.25) is 9.69 Å². The molecule has 0 unspecified atom stereocenters. The zero-order valence-electron chi connectivity index (χ0n) is 11.2. The maximum atomic E-state index is 12.0. The molecule has 1 amide bonds. The van der Waals surface area contributed by atoms with Crippen LogP contribution in [0.25, 0.3) is 0 Å². The summed E-state index contributed by atoms with van der Waals surface area (Å²) in [6.07, 6.45) is 3.45. The van der Waals surface area contributed by atoms with E-state index in [0.29, 0.717) is 11.7 Å². The maximum absolute atomic E-state index is 12.0. The lowest BCUT2D eigenvalue weighted by molar-refractivity contribution is -0.120. The van der Waals surface area contributed by atoms with E-state index >= 15 is 0 Å². The van der Waals surface area contributed by atoms with Crippen molar-refractivity contribution in [1.82, 2.24) is 19.9 Å². The van der Waals surface area contributed by atoms with Crippen molar-refractivity contribution < 1.29 is 4.79 Å². The number of rotatable bonds is 5. The number of H-pyrrole nitrogens is 1. The number of imidazole rings is 1. The molecule has 1 atom stereocenters. The normalized spacial score (nSPS) is 12.6. The fraction of sp³-hybridized carbons (Fsp3) is 0.417. The van der Waals surface area contributed by atoms with Gasteiger partial charge in [0, 0.05) is 23.5 Å². The number of likely N-dealkylation sites (N-methyl/N-ethyl adjacent to an activating group) is 1. The number of aromatic amines is 1. The molecule has 102 valence electrons. The standard InChI is InChI=1S/C12H17N5OS/c1-8-6-14-10(15-8)7-17(3)9(2)11(18)16-12-13-4-5-19-12/h4-6,9H,7H2,1-3H3,(H,14,15)(H,13,16,18)/t9-/m0/s1. The van der Waals surface area contributed by atoms with Gasteiger partial charge in [0.05, 0.1) is 12.6 Å². The molecule has 2 heterocycles. The fourth-order valence-corrected chi connectivity index (χ4v) is 2.15. The summed E-state index contributed by atoms with van der Waals surface area (Å²) in [5.41, 5.74) is 1.02. The van der Waals surface area contributed by atoms with E-state index in [2.05, 4.69) is 20.3 Å². The molecular formula is C12H17N5OS. The van der Waals surface area contributed by atoms with Gasteiger partial charge in [0.1, 0.15) is 5.82 Å². The average molecular weight is 279 g/mol. The number of nitrogens with one attached hydrogen (secondary N) is 2. The first-order chi connectivity index (χ1) is 9.06. The zero-order valence-corrected chi connectivity index (χ0v) is 12.0. The molecule has 0 saturated carbocycles. The molecule has 0 spiro atoms.